The van der Waals surface area contributed by atoms with Gasteiger partial charge in [-0.15, -0.1) is 11.8 Å². The van der Waals surface area contributed by atoms with E-state index >= 15 is 0 Å². The number of carbonyl (C=O) groups is 2. The van der Waals surface area contributed by atoms with Crippen molar-refractivity contribution in [2.24, 2.45) is 0 Å². The predicted octanol–water partition coefficient (Wildman–Crippen LogP) is 4.59. The summed E-state index contributed by atoms with van der Waals surface area (Å²) in [4.78, 5) is 30.5. The van der Waals surface area contributed by atoms with Gasteiger partial charge in [-0.1, -0.05) is 25.5 Å². The van der Waals surface area contributed by atoms with Crippen molar-refractivity contribution in [2.75, 3.05) is 12.3 Å². The molecule has 5 nitrogen and oxygen atoms in total. The molecule has 25 heavy (non-hydrogen) atoms. The van der Waals surface area contributed by atoms with E-state index in [0.717, 1.165) is 53.9 Å². The van der Waals surface area contributed by atoms with Crippen LogP contribution in [0.1, 0.15) is 32.6 Å². The lowest BCUT2D eigenvalue weighted by Gasteiger charge is -2.12. The van der Waals surface area contributed by atoms with Crippen LogP contribution in [0.3, 0.4) is 0 Å². The number of amides is 2. The zero-order chi connectivity index (χ0) is 17.6. The minimum Gasteiger partial charge on any atom is -0.294 e. The first kappa shape index (κ1) is 18.1. The van der Waals surface area contributed by atoms with Gasteiger partial charge in [-0.3, -0.25) is 18.9 Å². The van der Waals surface area contributed by atoms with Gasteiger partial charge in [-0.05, 0) is 48.9 Å². The van der Waals surface area contributed by atoms with Crippen LogP contribution in [0.5, 0.6) is 0 Å². The molecule has 0 saturated carbocycles. The van der Waals surface area contributed by atoms with Crippen molar-refractivity contribution in [3.05, 3.63) is 41.6 Å². The second-order valence-electron chi connectivity index (χ2n) is 5.76. The molecule has 0 N–H and O–H groups in total. The number of nitrogens with zero attached hydrogens (tertiary/aromatic N) is 3. The Morgan fingerprint density at radius 2 is 2.16 bits per heavy atom. The Hall–Kier alpha value is -1.73. The SMILES string of the molecule is CCCC=C1SC(=O)N(CCCCSc2cccc3nccn23)C1=O. The van der Waals surface area contributed by atoms with Crippen LogP contribution in [0.25, 0.3) is 5.65 Å². The number of hydrogen-bond donors (Lipinski definition) is 0. The lowest BCUT2D eigenvalue weighted by atomic mass is 10.3. The second-order valence-corrected chi connectivity index (χ2v) is 7.87. The quantitative estimate of drug-likeness (QED) is 0.384. The first-order chi connectivity index (χ1) is 12.2. The maximum atomic E-state index is 12.2. The number of unbranched alkanes of at least 4 members (excludes halogenated alkanes) is 2. The number of thioether (sulfide) groups is 2. The normalized spacial score (nSPS) is 16.5. The molecule has 2 aromatic rings. The third-order valence-electron chi connectivity index (χ3n) is 3.91. The summed E-state index contributed by atoms with van der Waals surface area (Å²) in [7, 11) is 0. The number of allylic oxidation sites excluding steroid dienone is 1. The largest absolute Gasteiger partial charge is 0.294 e. The Labute approximate surface area is 155 Å². The zero-order valence-electron chi connectivity index (χ0n) is 14.2. The summed E-state index contributed by atoms with van der Waals surface area (Å²) >= 11 is 2.84. The van der Waals surface area contributed by atoms with Crippen molar-refractivity contribution in [2.45, 2.75) is 37.6 Å². The van der Waals surface area contributed by atoms with Gasteiger partial charge in [0.2, 0.25) is 0 Å². The first-order valence-corrected chi connectivity index (χ1v) is 10.3. The van der Waals surface area contributed by atoms with Crippen LogP contribution in [-0.2, 0) is 4.79 Å². The number of pyridine rings is 1. The highest BCUT2D eigenvalue weighted by molar-refractivity contribution is 8.18. The highest BCUT2D eigenvalue weighted by atomic mass is 32.2. The minimum atomic E-state index is -0.136. The van der Waals surface area contributed by atoms with Gasteiger partial charge in [0.1, 0.15) is 5.65 Å². The van der Waals surface area contributed by atoms with Crippen LogP contribution in [-0.4, -0.2) is 37.7 Å². The van der Waals surface area contributed by atoms with E-state index in [1.807, 2.05) is 24.4 Å². The van der Waals surface area contributed by atoms with E-state index in [-0.39, 0.29) is 11.1 Å². The van der Waals surface area contributed by atoms with E-state index in [9.17, 15) is 9.59 Å². The fraction of sp³-hybridized carbons (Fsp3) is 0.389. The van der Waals surface area contributed by atoms with Crippen molar-refractivity contribution in [1.82, 2.24) is 14.3 Å². The molecule has 1 aliphatic heterocycles. The zero-order valence-corrected chi connectivity index (χ0v) is 15.8. The van der Waals surface area contributed by atoms with E-state index in [1.165, 1.54) is 4.90 Å². The molecule has 0 radical (unpaired) electrons. The van der Waals surface area contributed by atoms with Crippen molar-refractivity contribution < 1.29 is 9.59 Å². The number of aromatic nitrogens is 2. The molecule has 7 heteroatoms. The number of imidazole rings is 1. The molecule has 3 heterocycles. The fourth-order valence-electron chi connectivity index (χ4n) is 2.59. The van der Waals surface area contributed by atoms with Crippen molar-refractivity contribution in [3.8, 4) is 0 Å². The summed E-state index contributed by atoms with van der Waals surface area (Å²) in [5.41, 5.74) is 0.946. The van der Waals surface area contributed by atoms with Gasteiger partial charge in [-0.25, -0.2) is 4.98 Å². The molecule has 0 atom stereocenters. The van der Waals surface area contributed by atoms with Gasteiger partial charge in [-0.2, -0.15) is 0 Å². The van der Waals surface area contributed by atoms with Gasteiger partial charge in [0.25, 0.3) is 11.1 Å². The summed E-state index contributed by atoms with van der Waals surface area (Å²) in [6.45, 7) is 2.56. The number of fused-ring (bicyclic) bond motifs is 1. The second kappa shape index (κ2) is 8.58. The van der Waals surface area contributed by atoms with Crippen LogP contribution in [0, 0.1) is 0 Å². The molecule has 0 bridgehead atoms. The summed E-state index contributed by atoms with van der Waals surface area (Å²) in [5.74, 6) is 0.818. The highest BCUT2D eigenvalue weighted by Gasteiger charge is 2.34. The average Bonchev–Trinajstić information content (AvgIpc) is 3.19. The van der Waals surface area contributed by atoms with Gasteiger partial charge < -0.3 is 0 Å². The highest BCUT2D eigenvalue weighted by Crippen LogP contribution is 2.31. The number of imide groups is 1. The Morgan fingerprint density at radius 1 is 1.28 bits per heavy atom. The van der Waals surface area contributed by atoms with Crippen LogP contribution in [0.15, 0.2) is 46.6 Å². The smallest absolute Gasteiger partial charge is 0.293 e. The number of carbonyl (C=O) groups excluding carboxylic acids is 2. The van der Waals surface area contributed by atoms with E-state index in [0.29, 0.717) is 11.4 Å². The fourth-order valence-corrected chi connectivity index (χ4v) is 4.49. The molecular formula is C18H21N3O2S2. The Kier molecular flexibility index (Phi) is 6.20. The lowest BCUT2D eigenvalue weighted by Crippen LogP contribution is -2.29. The molecule has 0 unspecified atom stereocenters. The van der Waals surface area contributed by atoms with Gasteiger partial charge in [0, 0.05) is 18.9 Å². The molecule has 1 fully saturated rings. The minimum absolute atomic E-state index is 0.126. The van der Waals surface area contributed by atoms with Crippen molar-refractivity contribution >= 4 is 40.3 Å². The summed E-state index contributed by atoms with van der Waals surface area (Å²) < 4.78 is 2.07. The maximum absolute atomic E-state index is 12.2. The third-order valence-corrected chi connectivity index (χ3v) is 5.99. The topological polar surface area (TPSA) is 54.7 Å². The van der Waals surface area contributed by atoms with E-state index in [1.54, 1.807) is 18.0 Å². The van der Waals surface area contributed by atoms with Crippen LogP contribution < -0.4 is 0 Å². The molecule has 0 aromatic carbocycles. The predicted molar refractivity (Wildman–Crippen MR) is 103 cm³/mol. The molecule has 3 rings (SSSR count). The first-order valence-electron chi connectivity index (χ1n) is 8.49. The molecule has 132 valence electrons. The van der Waals surface area contributed by atoms with Gasteiger partial charge >= 0.3 is 0 Å². The Balaban J connectivity index is 1.45. The summed E-state index contributed by atoms with van der Waals surface area (Å²) in [6.07, 6.45) is 9.23. The van der Waals surface area contributed by atoms with Gasteiger partial charge in [0.05, 0.1) is 9.93 Å². The number of hydrogen-bond acceptors (Lipinski definition) is 5. The Morgan fingerprint density at radius 3 is 3.00 bits per heavy atom. The molecular weight excluding hydrogens is 354 g/mol. The van der Waals surface area contributed by atoms with E-state index in [2.05, 4.69) is 22.4 Å². The van der Waals surface area contributed by atoms with Crippen molar-refractivity contribution in [1.29, 1.82) is 0 Å². The molecule has 0 spiro atoms. The molecule has 0 aliphatic carbocycles. The summed E-state index contributed by atoms with van der Waals surface area (Å²) in [6, 6.07) is 6.07. The average molecular weight is 376 g/mol. The van der Waals surface area contributed by atoms with Crippen LogP contribution in [0.2, 0.25) is 0 Å². The molecule has 2 aromatic heterocycles. The van der Waals surface area contributed by atoms with E-state index in [4.69, 9.17) is 0 Å². The van der Waals surface area contributed by atoms with Crippen LogP contribution in [0.4, 0.5) is 4.79 Å². The summed E-state index contributed by atoms with van der Waals surface area (Å²) in [5, 5.41) is 1.02. The van der Waals surface area contributed by atoms with Gasteiger partial charge in [0.15, 0.2) is 0 Å². The monoisotopic (exact) mass is 375 g/mol. The van der Waals surface area contributed by atoms with Crippen LogP contribution >= 0.6 is 23.5 Å². The standard InChI is InChI=1S/C18H21N3O2S2/c1-2-3-7-14-17(22)21(18(23)25-14)11-4-5-13-24-16-9-6-8-15-19-10-12-20(15)16/h6-10,12H,2-5,11,13H2,1H3. The number of rotatable bonds is 8. The third kappa shape index (κ3) is 4.27. The Bertz CT molecular complexity index is 800. The maximum Gasteiger partial charge on any atom is 0.293 e. The molecule has 1 saturated heterocycles. The van der Waals surface area contributed by atoms with E-state index < -0.39 is 0 Å². The molecule has 2 amide bonds. The molecule has 1 aliphatic rings. The van der Waals surface area contributed by atoms with Crippen molar-refractivity contribution in [3.63, 3.8) is 0 Å². The lowest BCUT2D eigenvalue weighted by molar-refractivity contribution is -0.122.